The first kappa shape index (κ1) is 17.1. The number of amides is 2. The summed E-state index contributed by atoms with van der Waals surface area (Å²) in [5.74, 6) is -1.09. The Morgan fingerprint density at radius 3 is 2.58 bits per heavy atom. The monoisotopic (exact) mass is 372 g/mol. The number of hydrogen-bond donors (Lipinski definition) is 2. The maximum absolute atomic E-state index is 12.6. The molecule has 0 radical (unpaired) electrons. The van der Waals surface area contributed by atoms with Gasteiger partial charge in [-0.2, -0.15) is 0 Å². The molecule has 2 fully saturated rings. The van der Waals surface area contributed by atoms with Gasteiger partial charge in [0.05, 0.1) is 6.42 Å². The molecule has 2 amide bonds. The van der Waals surface area contributed by atoms with E-state index in [0.29, 0.717) is 5.92 Å². The number of carbonyl (C=O) groups excluding carboxylic acids is 2. The van der Waals surface area contributed by atoms with Gasteiger partial charge in [0.25, 0.3) is 5.91 Å². The largest absolute Gasteiger partial charge is 0.477 e. The van der Waals surface area contributed by atoms with Crippen molar-refractivity contribution >= 4 is 29.5 Å². The number of fused-ring (bicyclic) bond motifs is 2. The van der Waals surface area contributed by atoms with Crippen LogP contribution in [0.4, 0.5) is 0 Å². The third-order valence-corrected chi connectivity index (χ3v) is 7.37. The molecule has 136 valence electrons. The van der Waals surface area contributed by atoms with E-state index in [2.05, 4.69) is 12.2 Å². The lowest BCUT2D eigenvalue weighted by Crippen LogP contribution is -2.72. The molecule has 6 nitrogen and oxygen atoms in total. The highest BCUT2D eigenvalue weighted by Gasteiger charge is 2.60. The number of thioether (sulfide) groups is 1. The highest BCUT2D eigenvalue weighted by atomic mass is 32.2. The number of aliphatic carboxylic acids is 1. The summed E-state index contributed by atoms with van der Waals surface area (Å²) in [5.41, 5.74) is 1.86. The highest BCUT2D eigenvalue weighted by molar-refractivity contribution is 8.01. The van der Waals surface area contributed by atoms with E-state index in [1.165, 1.54) is 4.90 Å². The normalized spacial score (nSPS) is 32.2. The first-order valence-corrected chi connectivity index (χ1v) is 9.63. The van der Waals surface area contributed by atoms with Crippen LogP contribution in [-0.2, 0) is 20.8 Å². The first-order valence-electron chi connectivity index (χ1n) is 8.69. The summed E-state index contributed by atoms with van der Waals surface area (Å²) in [5, 5.41) is 12.2. The second kappa shape index (κ2) is 6.16. The van der Waals surface area contributed by atoms with Crippen LogP contribution in [0, 0.1) is 11.8 Å². The predicted octanol–water partition coefficient (Wildman–Crippen LogP) is 1.62. The van der Waals surface area contributed by atoms with Gasteiger partial charge in [-0.05, 0) is 23.0 Å². The second-order valence-corrected chi connectivity index (χ2v) is 8.38. The van der Waals surface area contributed by atoms with Gasteiger partial charge in [-0.3, -0.25) is 14.5 Å². The average Bonchev–Trinajstić information content (AvgIpc) is 2.64. The molecule has 1 aromatic rings. The van der Waals surface area contributed by atoms with Gasteiger partial charge in [-0.25, -0.2) is 4.79 Å². The summed E-state index contributed by atoms with van der Waals surface area (Å²) in [7, 11) is 0. The summed E-state index contributed by atoms with van der Waals surface area (Å²) < 4.78 is 0. The Morgan fingerprint density at radius 2 is 1.92 bits per heavy atom. The summed E-state index contributed by atoms with van der Waals surface area (Å²) >= 11 is 1.59. The minimum atomic E-state index is -1.06. The van der Waals surface area contributed by atoms with E-state index in [1.807, 2.05) is 37.3 Å². The molecule has 2 heterocycles. The number of β-lactam (4-membered cyclic amide) rings is 1. The molecule has 0 aromatic heterocycles. The Labute approximate surface area is 155 Å². The number of rotatable bonds is 4. The fraction of sp³-hybridized carbons (Fsp3) is 0.421. The van der Waals surface area contributed by atoms with Crippen LogP contribution in [0.5, 0.6) is 0 Å². The van der Waals surface area contributed by atoms with Crippen molar-refractivity contribution in [1.82, 2.24) is 10.2 Å². The summed E-state index contributed by atoms with van der Waals surface area (Å²) in [4.78, 5) is 38.0. The molecule has 2 N–H and O–H groups in total. The lowest BCUT2D eigenvalue weighted by atomic mass is 9.69. The van der Waals surface area contributed by atoms with Crippen molar-refractivity contribution < 1.29 is 19.5 Å². The molecule has 5 atom stereocenters. The van der Waals surface area contributed by atoms with Crippen molar-refractivity contribution in [1.29, 1.82) is 0 Å². The van der Waals surface area contributed by atoms with Gasteiger partial charge in [0.1, 0.15) is 17.1 Å². The number of hydrogen-bond acceptors (Lipinski definition) is 4. The predicted molar refractivity (Wildman–Crippen MR) is 97.1 cm³/mol. The zero-order valence-electron chi connectivity index (χ0n) is 14.5. The van der Waals surface area contributed by atoms with E-state index >= 15 is 0 Å². The molecular weight excluding hydrogens is 352 g/mol. The van der Waals surface area contributed by atoms with Crippen LogP contribution in [-0.4, -0.2) is 44.5 Å². The van der Waals surface area contributed by atoms with Crippen molar-refractivity contribution in [2.24, 2.45) is 11.8 Å². The minimum absolute atomic E-state index is 0.110. The number of benzene rings is 1. The van der Waals surface area contributed by atoms with E-state index in [4.69, 9.17) is 0 Å². The molecule has 26 heavy (non-hydrogen) atoms. The quantitative estimate of drug-likeness (QED) is 0.785. The number of nitrogens with one attached hydrogen (secondary N) is 1. The van der Waals surface area contributed by atoms with Gasteiger partial charge >= 0.3 is 5.97 Å². The van der Waals surface area contributed by atoms with Gasteiger partial charge < -0.3 is 10.4 Å². The van der Waals surface area contributed by atoms with Crippen LogP contribution < -0.4 is 5.32 Å². The van der Waals surface area contributed by atoms with E-state index in [0.717, 1.165) is 11.1 Å². The topological polar surface area (TPSA) is 86.7 Å². The fourth-order valence-corrected chi connectivity index (χ4v) is 5.94. The number of carbonyl (C=O) groups is 3. The maximum Gasteiger partial charge on any atom is 0.352 e. The Bertz CT molecular complexity index is 822. The maximum atomic E-state index is 12.6. The molecule has 0 bridgehead atoms. The van der Waals surface area contributed by atoms with Gasteiger partial charge in [0.15, 0.2) is 0 Å². The Kier molecular flexibility index (Phi) is 4.06. The number of carboxylic acids is 1. The molecule has 1 aliphatic carbocycles. The van der Waals surface area contributed by atoms with Crippen molar-refractivity contribution in [2.75, 3.05) is 0 Å². The van der Waals surface area contributed by atoms with Crippen LogP contribution in [0.15, 0.2) is 41.6 Å². The molecule has 1 aromatic carbocycles. The lowest BCUT2D eigenvalue weighted by Gasteiger charge is -2.57. The SMILES string of the molecule is C[C@@H]1[C@@H]2S[C@@H]3[C@H](NC(=O)Cc4ccccc4)C(=O)N3C(C(=O)O)=C2[C@@H]1C. The van der Waals surface area contributed by atoms with Gasteiger partial charge in [0, 0.05) is 5.25 Å². The van der Waals surface area contributed by atoms with Crippen molar-refractivity contribution in [3.05, 3.63) is 47.2 Å². The third kappa shape index (κ3) is 2.45. The van der Waals surface area contributed by atoms with Gasteiger partial charge in [0.2, 0.25) is 5.91 Å². The lowest BCUT2D eigenvalue weighted by molar-refractivity contribution is -0.151. The highest BCUT2D eigenvalue weighted by Crippen LogP contribution is 2.56. The molecule has 0 unspecified atom stereocenters. The smallest absolute Gasteiger partial charge is 0.352 e. The van der Waals surface area contributed by atoms with Crippen LogP contribution in [0.25, 0.3) is 0 Å². The summed E-state index contributed by atoms with van der Waals surface area (Å²) in [6, 6.07) is 8.67. The van der Waals surface area contributed by atoms with Gasteiger partial charge in [-0.15, -0.1) is 11.8 Å². The van der Waals surface area contributed by atoms with Crippen LogP contribution >= 0.6 is 11.8 Å². The molecule has 1 saturated carbocycles. The van der Waals surface area contributed by atoms with E-state index in [1.54, 1.807) is 11.8 Å². The zero-order chi connectivity index (χ0) is 18.6. The number of carboxylic acid groups (broad SMARTS) is 1. The van der Waals surface area contributed by atoms with E-state index < -0.39 is 12.0 Å². The molecule has 4 rings (SSSR count). The summed E-state index contributed by atoms with van der Waals surface area (Å²) in [6.45, 7) is 4.11. The molecule has 2 aliphatic heterocycles. The molecule has 0 spiro atoms. The Balaban J connectivity index is 1.51. The van der Waals surface area contributed by atoms with Crippen LogP contribution in [0.1, 0.15) is 19.4 Å². The minimum Gasteiger partial charge on any atom is -0.477 e. The molecule has 1 saturated heterocycles. The average molecular weight is 372 g/mol. The van der Waals surface area contributed by atoms with Crippen molar-refractivity contribution in [3.8, 4) is 0 Å². The summed E-state index contributed by atoms with van der Waals surface area (Å²) in [6.07, 6.45) is 0.200. The van der Waals surface area contributed by atoms with Crippen LogP contribution in [0.2, 0.25) is 0 Å². The Morgan fingerprint density at radius 1 is 1.23 bits per heavy atom. The molecule has 7 heteroatoms. The van der Waals surface area contributed by atoms with E-state index in [9.17, 15) is 19.5 Å². The Hall–Kier alpha value is -2.28. The standard InChI is InChI=1S/C19H20N2O4S/c1-9-10(2)16-13(9)15(19(24)25)21-17(23)14(18(21)26-16)20-12(22)8-11-6-4-3-5-7-11/h3-7,9-10,14,16,18H,8H2,1-2H3,(H,20,22)(H,24,25)/t9-,10+,14-,16+,18-/m1/s1. The molecule has 3 aliphatic rings. The number of nitrogens with zero attached hydrogens (tertiary/aromatic N) is 1. The van der Waals surface area contributed by atoms with Crippen LogP contribution in [0.3, 0.4) is 0 Å². The molecular formula is C19H20N2O4S. The van der Waals surface area contributed by atoms with E-state index in [-0.39, 0.29) is 40.5 Å². The first-order chi connectivity index (χ1) is 12.4. The van der Waals surface area contributed by atoms with Crippen molar-refractivity contribution in [3.63, 3.8) is 0 Å². The zero-order valence-corrected chi connectivity index (χ0v) is 15.3. The third-order valence-electron chi connectivity index (χ3n) is 5.63. The fourth-order valence-electron chi connectivity index (χ4n) is 4.01. The second-order valence-electron chi connectivity index (χ2n) is 7.12. The van der Waals surface area contributed by atoms with Crippen molar-refractivity contribution in [2.45, 2.75) is 36.9 Å². The van der Waals surface area contributed by atoms with Gasteiger partial charge in [-0.1, -0.05) is 44.2 Å².